The molecule has 1 aromatic carbocycles. The van der Waals surface area contributed by atoms with E-state index in [-0.39, 0.29) is 36.6 Å². The van der Waals surface area contributed by atoms with Crippen LogP contribution in [0.4, 0.5) is 5.69 Å². The second kappa shape index (κ2) is 8.02. The minimum absolute atomic E-state index is 0.0232. The summed E-state index contributed by atoms with van der Waals surface area (Å²) in [6, 6.07) is 7.66. The summed E-state index contributed by atoms with van der Waals surface area (Å²) in [5.74, 6) is -0.00946. The molecule has 9 nitrogen and oxygen atoms in total. The Hall–Kier alpha value is -3.23. The third-order valence-corrected chi connectivity index (χ3v) is 5.35. The summed E-state index contributed by atoms with van der Waals surface area (Å²) < 4.78 is 5.20. The van der Waals surface area contributed by atoms with E-state index >= 15 is 0 Å². The molecule has 29 heavy (non-hydrogen) atoms. The molecule has 3 heterocycles. The van der Waals surface area contributed by atoms with Crippen molar-refractivity contribution in [1.29, 1.82) is 0 Å². The summed E-state index contributed by atoms with van der Waals surface area (Å²) in [5.41, 5.74) is 1.91. The lowest BCUT2D eigenvalue weighted by molar-refractivity contribution is -0.126. The van der Waals surface area contributed by atoms with Crippen LogP contribution in [0.5, 0.6) is 0 Å². The molecule has 9 heteroatoms. The van der Waals surface area contributed by atoms with Crippen LogP contribution in [0.15, 0.2) is 28.8 Å². The number of anilines is 1. The number of nitrogens with one attached hydrogen (secondary N) is 2. The van der Waals surface area contributed by atoms with Crippen molar-refractivity contribution in [1.82, 2.24) is 20.8 Å². The van der Waals surface area contributed by atoms with Crippen LogP contribution in [0.3, 0.4) is 0 Å². The van der Waals surface area contributed by atoms with Crippen LogP contribution in [0, 0.1) is 12.8 Å². The van der Waals surface area contributed by atoms with Gasteiger partial charge in [0.2, 0.25) is 23.6 Å². The highest BCUT2D eigenvalue weighted by atomic mass is 16.5. The zero-order valence-corrected chi connectivity index (χ0v) is 16.2. The van der Waals surface area contributed by atoms with E-state index in [1.54, 1.807) is 4.90 Å². The number of hydrogen-bond acceptors (Lipinski definition) is 6. The average molecular weight is 397 g/mol. The molecule has 2 fully saturated rings. The molecule has 0 bridgehead atoms. The quantitative estimate of drug-likeness (QED) is 0.779. The van der Waals surface area contributed by atoms with Gasteiger partial charge in [-0.15, -0.1) is 0 Å². The number of hydrogen-bond donors (Lipinski definition) is 2. The van der Waals surface area contributed by atoms with Crippen molar-refractivity contribution in [2.45, 2.75) is 38.6 Å². The van der Waals surface area contributed by atoms with Crippen molar-refractivity contribution in [2.75, 3.05) is 18.0 Å². The zero-order valence-electron chi connectivity index (χ0n) is 16.2. The largest absolute Gasteiger partial charge is 0.356 e. The third-order valence-electron chi connectivity index (χ3n) is 5.35. The third kappa shape index (κ3) is 4.28. The van der Waals surface area contributed by atoms with Gasteiger partial charge >= 0.3 is 0 Å². The first-order valence-electron chi connectivity index (χ1n) is 9.73. The molecule has 4 rings (SSSR count). The van der Waals surface area contributed by atoms with Gasteiger partial charge in [0.25, 0.3) is 0 Å². The van der Waals surface area contributed by atoms with E-state index in [1.165, 1.54) is 0 Å². The fraction of sp³-hybridized carbons (Fsp3) is 0.450. The summed E-state index contributed by atoms with van der Waals surface area (Å²) >= 11 is 0. The molecule has 2 aromatic rings. The van der Waals surface area contributed by atoms with Crippen LogP contribution >= 0.6 is 0 Å². The molecule has 0 saturated carbocycles. The van der Waals surface area contributed by atoms with Crippen LogP contribution < -0.4 is 15.5 Å². The van der Waals surface area contributed by atoms with E-state index in [4.69, 9.17) is 4.52 Å². The number of nitrogens with zero attached hydrogens (tertiary/aromatic N) is 3. The minimum atomic E-state index is -0.423. The minimum Gasteiger partial charge on any atom is -0.356 e. The van der Waals surface area contributed by atoms with Crippen LogP contribution in [0.1, 0.15) is 42.5 Å². The SMILES string of the molecule is Cc1ccc(N2CC(C(=O)NCc3nc(C4CCNC(=O)C4)no3)CC2=O)cc1. The Balaban J connectivity index is 1.31. The van der Waals surface area contributed by atoms with Crippen LogP contribution in [0.25, 0.3) is 0 Å². The van der Waals surface area contributed by atoms with Crippen LogP contribution in [-0.4, -0.2) is 41.0 Å². The highest BCUT2D eigenvalue weighted by Gasteiger charge is 2.35. The van der Waals surface area contributed by atoms with E-state index in [2.05, 4.69) is 20.8 Å². The summed E-state index contributed by atoms with van der Waals surface area (Å²) in [6.45, 7) is 3.02. The van der Waals surface area contributed by atoms with Gasteiger partial charge in [0.1, 0.15) is 0 Å². The molecule has 2 aliphatic rings. The number of aromatic nitrogens is 2. The maximum Gasteiger partial charge on any atom is 0.246 e. The number of piperidine rings is 1. The molecule has 152 valence electrons. The maximum atomic E-state index is 12.5. The van der Waals surface area contributed by atoms with E-state index < -0.39 is 5.92 Å². The van der Waals surface area contributed by atoms with E-state index in [9.17, 15) is 14.4 Å². The predicted octanol–water partition coefficient (Wildman–Crippen LogP) is 1.04. The Labute approximate surface area is 167 Å². The van der Waals surface area contributed by atoms with Crippen molar-refractivity contribution in [3.63, 3.8) is 0 Å². The maximum absolute atomic E-state index is 12.5. The Bertz CT molecular complexity index is 923. The molecule has 0 spiro atoms. The lowest BCUT2D eigenvalue weighted by Gasteiger charge is -2.18. The summed E-state index contributed by atoms with van der Waals surface area (Å²) in [6.07, 6.45) is 1.27. The number of amides is 3. The number of carbonyl (C=O) groups is 3. The first-order valence-corrected chi connectivity index (χ1v) is 9.73. The Morgan fingerprint density at radius 2 is 2.07 bits per heavy atom. The molecule has 1 aromatic heterocycles. The zero-order chi connectivity index (χ0) is 20.4. The summed E-state index contributed by atoms with van der Waals surface area (Å²) in [7, 11) is 0. The Kier molecular flexibility index (Phi) is 5.28. The van der Waals surface area contributed by atoms with Crippen molar-refractivity contribution in [3.8, 4) is 0 Å². The fourth-order valence-corrected chi connectivity index (χ4v) is 3.67. The van der Waals surface area contributed by atoms with E-state index in [1.807, 2.05) is 31.2 Å². The molecule has 2 unspecified atom stereocenters. The van der Waals surface area contributed by atoms with Crippen molar-refractivity contribution in [2.24, 2.45) is 5.92 Å². The van der Waals surface area contributed by atoms with Gasteiger partial charge in [-0.05, 0) is 25.5 Å². The van der Waals surface area contributed by atoms with Gasteiger partial charge in [-0.2, -0.15) is 4.98 Å². The second-order valence-electron chi connectivity index (χ2n) is 7.54. The summed E-state index contributed by atoms with van der Waals surface area (Å²) in [5, 5.41) is 9.48. The molecular weight excluding hydrogens is 374 g/mol. The fourth-order valence-electron chi connectivity index (χ4n) is 3.67. The van der Waals surface area contributed by atoms with E-state index in [0.29, 0.717) is 31.2 Å². The number of carbonyl (C=O) groups excluding carboxylic acids is 3. The van der Waals surface area contributed by atoms with Gasteiger partial charge in [0.05, 0.1) is 12.5 Å². The van der Waals surface area contributed by atoms with E-state index in [0.717, 1.165) is 17.7 Å². The smallest absolute Gasteiger partial charge is 0.246 e. The number of rotatable bonds is 5. The summed E-state index contributed by atoms with van der Waals surface area (Å²) in [4.78, 5) is 42.3. The Morgan fingerprint density at radius 1 is 1.28 bits per heavy atom. The first kappa shape index (κ1) is 19.1. The highest BCUT2D eigenvalue weighted by molar-refractivity contribution is 6.00. The lowest BCUT2D eigenvalue weighted by Crippen LogP contribution is -2.33. The molecule has 2 saturated heterocycles. The lowest BCUT2D eigenvalue weighted by atomic mass is 9.97. The average Bonchev–Trinajstić information content (AvgIpc) is 3.34. The van der Waals surface area contributed by atoms with Gasteiger partial charge in [-0.25, -0.2) is 0 Å². The van der Waals surface area contributed by atoms with Gasteiger partial charge in [-0.1, -0.05) is 22.9 Å². The standard InChI is InChI=1S/C20H23N5O4/c1-12-2-4-15(5-3-12)25-11-14(9-18(25)27)20(28)22-10-17-23-19(24-29-17)13-6-7-21-16(26)8-13/h2-5,13-14H,6-11H2,1H3,(H,21,26)(H,22,28). The normalized spacial score (nSPS) is 21.9. The molecule has 2 aliphatic heterocycles. The molecule has 0 radical (unpaired) electrons. The van der Waals surface area contributed by atoms with Crippen molar-refractivity contribution in [3.05, 3.63) is 41.5 Å². The van der Waals surface area contributed by atoms with Crippen molar-refractivity contribution >= 4 is 23.4 Å². The molecule has 3 amide bonds. The first-order chi connectivity index (χ1) is 14.0. The van der Waals surface area contributed by atoms with Crippen molar-refractivity contribution < 1.29 is 18.9 Å². The predicted molar refractivity (Wildman–Crippen MR) is 103 cm³/mol. The van der Waals surface area contributed by atoms with Gasteiger partial charge in [0, 0.05) is 37.5 Å². The molecule has 0 aliphatic carbocycles. The van der Waals surface area contributed by atoms with Gasteiger partial charge < -0.3 is 20.1 Å². The molecule has 2 N–H and O–H groups in total. The second-order valence-corrected chi connectivity index (χ2v) is 7.54. The highest BCUT2D eigenvalue weighted by Crippen LogP contribution is 2.26. The molecule has 2 atom stereocenters. The van der Waals surface area contributed by atoms with Gasteiger partial charge in [0.15, 0.2) is 5.82 Å². The Morgan fingerprint density at radius 3 is 2.83 bits per heavy atom. The van der Waals surface area contributed by atoms with Gasteiger partial charge in [-0.3, -0.25) is 14.4 Å². The number of aryl methyl sites for hydroxylation is 1. The van der Waals surface area contributed by atoms with Crippen LogP contribution in [-0.2, 0) is 20.9 Å². The van der Waals surface area contributed by atoms with Crippen LogP contribution in [0.2, 0.25) is 0 Å². The topological polar surface area (TPSA) is 117 Å². The monoisotopic (exact) mass is 397 g/mol. The number of benzene rings is 1. The molecular formula is C20H23N5O4.